The Labute approximate surface area is 165 Å². The molecule has 2 heterocycles. The molecule has 0 aliphatic heterocycles. The lowest BCUT2D eigenvalue weighted by Crippen LogP contribution is -2.11. The van der Waals surface area contributed by atoms with Crippen LogP contribution in [0.15, 0.2) is 42.5 Å². The van der Waals surface area contributed by atoms with Gasteiger partial charge in [-0.2, -0.15) is 9.97 Å². The van der Waals surface area contributed by atoms with E-state index < -0.39 is 0 Å². The number of imidazole rings is 1. The first-order valence-corrected chi connectivity index (χ1v) is 8.73. The average Bonchev–Trinajstić information content (AvgIpc) is 3.04. The number of hydrogen-bond donors (Lipinski definition) is 4. The average molecular weight is 390 g/mol. The zero-order valence-electron chi connectivity index (χ0n) is 15.7. The molecule has 4 aromatic rings. The summed E-state index contributed by atoms with van der Waals surface area (Å²) in [6.45, 7) is 3.65. The minimum atomic E-state index is -0.0675. The fraction of sp³-hybridized carbons (Fsp3) is 0.100. The highest BCUT2D eigenvalue weighted by Crippen LogP contribution is 2.31. The number of nitrogens with two attached hydrogens (primary N) is 1. The SMILES string of the molecule is Cc1nc2nc(Oc3cc(C(=N)N)ccc3C)nc(Oc3cccc(O)c3)c2[nH]1. The van der Waals surface area contributed by atoms with Crippen molar-refractivity contribution < 1.29 is 14.6 Å². The van der Waals surface area contributed by atoms with Crippen molar-refractivity contribution in [3.05, 3.63) is 59.4 Å². The number of hydrogen-bond acceptors (Lipinski definition) is 7. The van der Waals surface area contributed by atoms with Gasteiger partial charge in [-0.1, -0.05) is 18.2 Å². The van der Waals surface area contributed by atoms with Crippen LogP contribution in [0.2, 0.25) is 0 Å². The predicted molar refractivity (Wildman–Crippen MR) is 107 cm³/mol. The van der Waals surface area contributed by atoms with Crippen LogP contribution in [-0.4, -0.2) is 30.9 Å². The summed E-state index contributed by atoms with van der Waals surface area (Å²) in [7, 11) is 0. The number of aryl methyl sites for hydroxylation is 2. The fourth-order valence-corrected chi connectivity index (χ4v) is 2.72. The predicted octanol–water partition coefficient (Wildman–Crippen LogP) is 3.54. The third-order valence-electron chi connectivity index (χ3n) is 4.15. The molecule has 2 aromatic heterocycles. The van der Waals surface area contributed by atoms with Gasteiger partial charge >= 0.3 is 6.01 Å². The lowest BCUT2D eigenvalue weighted by molar-refractivity contribution is 0.412. The molecule has 9 nitrogen and oxygen atoms in total. The Hall–Kier alpha value is -4.14. The van der Waals surface area contributed by atoms with Crippen LogP contribution in [0.4, 0.5) is 0 Å². The Morgan fingerprint density at radius 2 is 1.90 bits per heavy atom. The Kier molecular flexibility index (Phi) is 4.47. The van der Waals surface area contributed by atoms with Crippen LogP contribution < -0.4 is 15.2 Å². The van der Waals surface area contributed by atoms with Crippen molar-refractivity contribution in [2.75, 3.05) is 0 Å². The number of aromatic amines is 1. The maximum atomic E-state index is 9.67. The topological polar surface area (TPSA) is 143 Å². The molecule has 0 amide bonds. The summed E-state index contributed by atoms with van der Waals surface area (Å²) < 4.78 is 11.7. The first-order valence-electron chi connectivity index (χ1n) is 8.73. The number of aromatic hydroxyl groups is 1. The summed E-state index contributed by atoms with van der Waals surface area (Å²) in [4.78, 5) is 16.1. The highest BCUT2D eigenvalue weighted by molar-refractivity contribution is 5.95. The van der Waals surface area contributed by atoms with Crippen molar-refractivity contribution in [1.82, 2.24) is 19.9 Å². The van der Waals surface area contributed by atoms with Gasteiger partial charge < -0.3 is 25.3 Å². The maximum Gasteiger partial charge on any atom is 0.327 e. The van der Waals surface area contributed by atoms with Gasteiger partial charge in [0.15, 0.2) is 5.65 Å². The molecule has 0 bridgehead atoms. The monoisotopic (exact) mass is 390 g/mol. The number of amidine groups is 1. The van der Waals surface area contributed by atoms with Gasteiger partial charge in [-0.15, -0.1) is 0 Å². The fourth-order valence-electron chi connectivity index (χ4n) is 2.72. The number of fused-ring (bicyclic) bond motifs is 1. The van der Waals surface area contributed by atoms with E-state index in [1.165, 1.54) is 6.07 Å². The zero-order chi connectivity index (χ0) is 20.5. The lowest BCUT2D eigenvalue weighted by atomic mass is 10.1. The third kappa shape index (κ3) is 3.79. The van der Waals surface area contributed by atoms with Crippen molar-refractivity contribution in [2.24, 2.45) is 5.73 Å². The number of aromatic nitrogens is 4. The highest BCUT2D eigenvalue weighted by Gasteiger charge is 2.16. The molecule has 29 heavy (non-hydrogen) atoms. The summed E-state index contributed by atoms with van der Waals surface area (Å²) >= 11 is 0. The van der Waals surface area contributed by atoms with Crippen LogP contribution in [0.1, 0.15) is 17.0 Å². The summed E-state index contributed by atoms with van der Waals surface area (Å²) in [5.41, 5.74) is 7.80. The number of nitrogens with one attached hydrogen (secondary N) is 2. The summed E-state index contributed by atoms with van der Waals surface area (Å²) in [6.07, 6.45) is 0. The van der Waals surface area contributed by atoms with E-state index in [2.05, 4.69) is 19.9 Å². The molecule has 0 saturated heterocycles. The number of H-pyrrole nitrogens is 1. The van der Waals surface area contributed by atoms with Crippen LogP contribution in [0, 0.1) is 19.3 Å². The van der Waals surface area contributed by atoms with Crippen LogP contribution >= 0.6 is 0 Å². The van der Waals surface area contributed by atoms with E-state index in [0.717, 1.165) is 5.56 Å². The van der Waals surface area contributed by atoms with Crippen LogP contribution in [-0.2, 0) is 0 Å². The summed E-state index contributed by atoms with van der Waals surface area (Å²) in [5.74, 6) is 1.72. The summed E-state index contributed by atoms with van der Waals surface area (Å²) in [5, 5.41) is 17.3. The Morgan fingerprint density at radius 1 is 1.07 bits per heavy atom. The molecule has 0 aliphatic carbocycles. The van der Waals surface area contributed by atoms with E-state index in [1.807, 2.05) is 6.92 Å². The molecule has 0 saturated carbocycles. The van der Waals surface area contributed by atoms with Crippen LogP contribution in [0.5, 0.6) is 29.1 Å². The molecule has 0 spiro atoms. The van der Waals surface area contributed by atoms with Crippen molar-refractivity contribution in [1.29, 1.82) is 5.41 Å². The number of phenols is 1. The standard InChI is InChI=1S/C20H18N6O3/c1-10-6-7-12(17(21)22)8-15(10)29-20-25-18-16(23-11(2)24-18)19(26-20)28-14-5-3-4-13(27)9-14/h3-9,27H,1-2H3,(H3,21,22)(H,23,24,25,26). The summed E-state index contributed by atoms with van der Waals surface area (Å²) in [6, 6.07) is 11.6. The Morgan fingerprint density at radius 3 is 2.66 bits per heavy atom. The molecular formula is C20H18N6O3. The van der Waals surface area contributed by atoms with Gasteiger partial charge in [0.25, 0.3) is 5.88 Å². The van der Waals surface area contributed by atoms with Gasteiger partial charge in [-0.25, -0.2) is 4.98 Å². The lowest BCUT2D eigenvalue weighted by Gasteiger charge is -2.11. The van der Waals surface area contributed by atoms with E-state index in [9.17, 15) is 5.11 Å². The minimum absolute atomic E-state index is 0.0305. The molecular weight excluding hydrogens is 372 g/mol. The molecule has 146 valence electrons. The minimum Gasteiger partial charge on any atom is -0.508 e. The second-order valence-corrected chi connectivity index (χ2v) is 6.43. The quantitative estimate of drug-likeness (QED) is 0.301. The number of benzene rings is 2. The van der Waals surface area contributed by atoms with Crippen molar-refractivity contribution in [3.63, 3.8) is 0 Å². The molecule has 9 heteroatoms. The Bertz CT molecular complexity index is 1230. The molecule has 0 fully saturated rings. The van der Waals surface area contributed by atoms with Crippen molar-refractivity contribution in [3.8, 4) is 29.1 Å². The van der Waals surface area contributed by atoms with Gasteiger partial charge in [-0.05, 0) is 37.6 Å². The molecule has 0 atom stereocenters. The normalized spacial score (nSPS) is 10.8. The first kappa shape index (κ1) is 18.2. The van der Waals surface area contributed by atoms with E-state index in [1.54, 1.807) is 43.3 Å². The molecule has 2 aromatic carbocycles. The number of ether oxygens (including phenoxy) is 2. The highest BCUT2D eigenvalue weighted by atomic mass is 16.5. The van der Waals surface area contributed by atoms with E-state index in [4.69, 9.17) is 20.6 Å². The number of rotatable bonds is 5. The Balaban J connectivity index is 1.76. The second kappa shape index (κ2) is 7.12. The van der Waals surface area contributed by atoms with E-state index in [-0.39, 0.29) is 23.5 Å². The molecule has 0 unspecified atom stereocenters. The molecule has 4 rings (SSSR count). The zero-order valence-corrected chi connectivity index (χ0v) is 15.7. The van der Waals surface area contributed by atoms with Gasteiger partial charge in [0, 0.05) is 11.6 Å². The smallest absolute Gasteiger partial charge is 0.327 e. The molecule has 0 aliphatic rings. The maximum absolute atomic E-state index is 9.67. The number of phenolic OH excluding ortho intramolecular Hbond substituents is 1. The molecule has 0 radical (unpaired) electrons. The third-order valence-corrected chi connectivity index (χ3v) is 4.15. The van der Waals surface area contributed by atoms with Gasteiger partial charge in [0.2, 0.25) is 0 Å². The van der Waals surface area contributed by atoms with Gasteiger partial charge in [0.1, 0.15) is 34.4 Å². The van der Waals surface area contributed by atoms with E-state index >= 15 is 0 Å². The molecule has 5 N–H and O–H groups in total. The van der Waals surface area contributed by atoms with Crippen LogP contribution in [0.25, 0.3) is 11.2 Å². The first-order chi connectivity index (χ1) is 13.9. The van der Waals surface area contributed by atoms with Gasteiger partial charge in [-0.3, -0.25) is 5.41 Å². The largest absolute Gasteiger partial charge is 0.508 e. The van der Waals surface area contributed by atoms with Crippen LogP contribution in [0.3, 0.4) is 0 Å². The number of nitrogens with zero attached hydrogens (tertiary/aromatic N) is 3. The van der Waals surface area contributed by atoms with E-state index in [0.29, 0.717) is 34.1 Å². The number of nitrogen functional groups attached to an aromatic ring is 1. The van der Waals surface area contributed by atoms with Crippen molar-refractivity contribution >= 4 is 17.0 Å². The van der Waals surface area contributed by atoms with Crippen molar-refractivity contribution in [2.45, 2.75) is 13.8 Å². The second-order valence-electron chi connectivity index (χ2n) is 6.43. The van der Waals surface area contributed by atoms with Gasteiger partial charge in [0.05, 0.1) is 0 Å².